The zero-order chi connectivity index (χ0) is 14.5. The molecule has 1 aromatic carbocycles. The standard InChI is InChI=1S/C16H14N2O3/c19-10-13-3-5-15(6-4-13)21-12-20-11-14-2-1-8-18-9-7-17-16(14)18/h1-10H,11-12H2. The molecule has 5 heteroatoms. The van der Waals surface area contributed by atoms with Gasteiger partial charge in [0, 0.05) is 29.7 Å². The van der Waals surface area contributed by atoms with Gasteiger partial charge in [-0.05, 0) is 30.3 Å². The Labute approximate surface area is 121 Å². The third-order valence-corrected chi connectivity index (χ3v) is 3.08. The molecule has 0 aliphatic carbocycles. The number of hydrogen-bond donors (Lipinski definition) is 0. The SMILES string of the molecule is O=Cc1ccc(OCOCc2cccn3ccnc23)cc1. The van der Waals surface area contributed by atoms with Crippen molar-refractivity contribution >= 4 is 11.9 Å². The summed E-state index contributed by atoms with van der Waals surface area (Å²) in [7, 11) is 0. The van der Waals surface area contributed by atoms with E-state index in [1.165, 1.54) is 0 Å². The Morgan fingerprint density at radius 2 is 2.00 bits per heavy atom. The summed E-state index contributed by atoms with van der Waals surface area (Å²) in [6, 6.07) is 10.8. The molecule has 106 valence electrons. The Kier molecular flexibility index (Phi) is 3.93. The van der Waals surface area contributed by atoms with Gasteiger partial charge in [-0.3, -0.25) is 4.79 Å². The fourth-order valence-electron chi connectivity index (χ4n) is 2.03. The largest absolute Gasteiger partial charge is 0.468 e. The minimum absolute atomic E-state index is 0.141. The first-order chi connectivity index (χ1) is 10.4. The van der Waals surface area contributed by atoms with E-state index in [1.54, 1.807) is 30.5 Å². The van der Waals surface area contributed by atoms with Crippen LogP contribution in [0.4, 0.5) is 0 Å². The molecule has 0 spiro atoms. The van der Waals surface area contributed by atoms with Gasteiger partial charge in [0.2, 0.25) is 0 Å². The van der Waals surface area contributed by atoms with Gasteiger partial charge in [0.1, 0.15) is 17.7 Å². The van der Waals surface area contributed by atoms with Crippen molar-refractivity contribution in [2.24, 2.45) is 0 Å². The van der Waals surface area contributed by atoms with Crippen molar-refractivity contribution in [3.8, 4) is 5.75 Å². The van der Waals surface area contributed by atoms with Crippen LogP contribution in [0.5, 0.6) is 5.75 Å². The monoisotopic (exact) mass is 282 g/mol. The van der Waals surface area contributed by atoms with Crippen LogP contribution >= 0.6 is 0 Å². The predicted octanol–water partition coefficient (Wildman–Crippen LogP) is 2.70. The first kappa shape index (κ1) is 13.3. The number of imidazole rings is 1. The second-order valence-corrected chi connectivity index (χ2v) is 4.49. The molecule has 5 nitrogen and oxygen atoms in total. The summed E-state index contributed by atoms with van der Waals surface area (Å²) in [5, 5.41) is 0. The molecule has 3 rings (SSSR count). The average molecular weight is 282 g/mol. The predicted molar refractivity (Wildman–Crippen MR) is 77.3 cm³/mol. The van der Waals surface area contributed by atoms with E-state index in [2.05, 4.69) is 4.98 Å². The van der Waals surface area contributed by atoms with Crippen molar-refractivity contribution in [1.82, 2.24) is 9.38 Å². The highest BCUT2D eigenvalue weighted by Gasteiger charge is 2.02. The lowest BCUT2D eigenvalue weighted by Gasteiger charge is -2.08. The Balaban J connectivity index is 1.54. The van der Waals surface area contributed by atoms with Crippen LogP contribution in [0.15, 0.2) is 55.0 Å². The number of carbonyl (C=O) groups is 1. The summed E-state index contributed by atoms with van der Waals surface area (Å²) < 4.78 is 12.9. The highest BCUT2D eigenvalue weighted by atomic mass is 16.7. The lowest BCUT2D eigenvalue weighted by atomic mass is 10.2. The van der Waals surface area contributed by atoms with E-state index in [1.807, 2.05) is 28.9 Å². The van der Waals surface area contributed by atoms with E-state index in [-0.39, 0.29) is 6.79 Å². The van der Waals surface area contributed by atoms with Gasteiger partial charge in [0.05, 0.1) is 6.61 Å². The maximum absolute atomic E-state index is 10.5. The molecule has 0 bridgehead atoms. The van der Waals surface area contributed by atoms with E-state index < -0.39 is 0 Å². The van der Waals surface area contributed by atoms with Crippen molar-refractivity contribution in [3.05, 3.63) is 66.1 Å². The van der Waals surface area contributed by atoms with Gasteiger partial charge < -0.3 is 13.9 Å². The van der Waals surface area contributed by atoms with Gasteiger partial charge >= 0.3 is 0 Å². The van der Waals surface area contributed by atoms with Crippen molar-refractivity contribution in [2.45, 2.75) is 6.61 Å². The van der Waals surface area contributed by atoms with Crippen molar-refractivity contribution in [3.63, 3.8) is 0 Å². The lowest BCUT2D eigenvalue weighted by Crippen LogP contribution is -2.04. The van der Waals surface area contributed by atoms with E-state index in [9.17, 15) is 4.79 Å². The van der Waals surface area contributed by atoms with Crippen LogP contribution in [0.2, 0.25) is 0 Å². The molecule has 21 heavy (non-hydrogen) atoms. The maximum Gasteiger partial charge on any atom is 0.189 e. The minimum atomic E-state index is 0.141. The quantitative estimate of drug-likeness (QED) is 0.396. The molecule has 3 aromatic rings. The van der Waals surface area contributed by atoms with Crippen LogP contribution < -0.4 is 4.74 Å². The summed E-state index contributed by atoms with van der Waals surface area (Å²) in [4.78, 5) is 14.8. The number of hydrogen-bond acceptors (Lipinski definition) is 4. The van der Waals surface area contributed by atoms with Gasteiger partial charge in [-0.1, -0.05) is 6.07 Å². The minimum Gasteiger partial charge on any atom is -0.468 e. The first-order valence-electron chi connectivity index (χ1n) is 6.53. The van der Waals surface area contributed by atoms with Crippen LogP contribution in [-0.4, -0.2) is 22.5 Å². The fraction of sp³-hybridized carbons (Fsp3) is 0.125. The summed E-state index contributed by atoms with van der Waals surface area (Å²) in [5.74, 6) is 0.666. The topological polar surface area (TPSA) is 52.8 Å². The van der Waals surface area contributed by atoms with Gasteiger partial charge in [-0.25, -0.2) is 4.98 Å². The summed E-state index contributed by atoms with van der Waals surface area (Å²) in [5.41, 5.74) is 2.50. The number of rotatable bonds is 6. The van der Waals surface area contributed by atoms with Gasteiger partial charge in [0.15, 0.2) is 6.79 Å². The molecule has 0 aliphatic heterocycles. The van der Waals surface area contributed by atoms with E-state index in [0.29, 0.717) is 17.9 Å². The average Bonchev–Trinajstić information content (AvgIpc) is 3.01. The molecule has 0 aliphatic rings. The lowest BCUT2D eigenvalue weighted by molar-refractivity contribution is 0.00536. The molecule has 0 unspecified atom stereocenters. The molecule has 0 saturated carbocycles. The number of ether oxygens (including phenoxy) is 2. The van der Waals surface area contributed by atoms with Gasteiger partial charge in [0.25, 0.3) is 0 Å². The summed E-state index contributed by atoms with van der Waals surface area (Å²) in [6.07, 6.45) is 6.39. The van der Waals surface area contributed by atoms with E-state index >= 15 is 0 Å². The number of benzene rings is 1. The Hall–Kier alpha value is -2.66. The van der Waals surface area contributed by atoms with Crippen molar-refractivity contribution < 1.29 is 14.3 Å². The third-order valence-electron chi connectivity index (χ3n) is 3.08. The molecule has 0 amide bonds. The van der Waals surface area contributed by atoms with Crippen LogP contribution in [0, 0.1) is 0 Å². The zero-order valence-corrected chi connectivity index (χ0v) is 11.3. The highest BCUT2D eigenvalue weighted by molar-refractivity contribution is 5.74. The smallest absolute Gasteiger partial charge is 0.189 e. The van der Waals surface area contributed by atoms with Crippen LogP contribution in [0.1, 0.15) is 15.9 Å². The molecule has 0 N–H and O–H groups in total. The molecule has 2 aromatic heterocycles. The second kappa shape index (κ2) is 6.19. The van der Waals surface area contributed by atoms with Crippen LogP contribution in [0.25, 0.3) is 5.65 Å². The molecule has 0 atom stereocenters. The Morgan fingerprint density at radius 3 is 2.81 bits per heavy atom. The molecular formula is C16H14N2O3. The van der Waals surface area contributed by atoms with Gasteiger partial charge in [-0.15, -0.1) is 0 Å². The van der Waals surface area contributed by atoms with E-state index in [0.717, 1.165) is 17.5 Å². The zero-order valence-electron chi connectivity index (χ0n) is 11.3. The summed E-state index contributed by atoms with van der Waals surface area (Å²) in [6.45, 7) is 0.565. The van der Waals surface area contributed by atoms with Crippen molar-refractivity contribution in [2.75, 3.05) is 6.79 Å². The molecule has 0 saturated heterocycles. The molecule has 0 fully saturated rings. The van der Waals surface area contributed by atoms with Gasteiger partial charge in [-0.2, -0.15) is 0 Å². The Bertz CT molecular complexity index is 735. The Morgan fingerprint density at radius 1 is 1.14 bits per heavy atom. The van der Waals surface area contributed by atoms with E-state index in [4.69, 9.17) is 9.47 Å². The van der Waals surface area contributed by atoms with Crippen LogP contribution in [0.3, 0.4) is 0 Å². The number of aldehydes is 1. The maximum atomic E-state index is 10.5. The first-order valence-corrected chi connectivity index (χ1v) is 6.53. The molecule has 0 radical (unpaired) electrons. The normalized spacial score (nSPS) is 10.7. The highest BCUT2D eigenvalue weighted by Crippen LogP contribution is 2.12. The number of nitrogens with zero attached hydrogens (tertiary/aromatic N) is 2. The second-order valence-electron chi connectivity index (χ2n) is 4.49. The van der Waals surface area contributed by atoms with Crippen molar-refractivity contribution in [1.29, 1.82) is 0 Å². The number of carbonyl (C=O) groups excluding carboxylic acids is 1. The molecular weight excluding hydrogens is 268 g/mol. The number of aromatic nitrogens is 2. The van der Waals surface area contributed by atoms with Crippen LogP contribution in [-0.2, 0) is 11.3 Å². The number of pyridine rings is 1. The summed E-state index contributed by atoms with van der Waals surface area (Å²) >= 11 is 0. The molecule has 2 heterocycles. The fourth-order valence-corrected chi connectivity index (χ4v) is 2.03. The number of fused-ring (bicyclic) bond motifs is 1. The third kappa shape index (κ3) is 3.09.